The molecule has 0 bridgehead atoms. The molecule has 1 N–H and O–H groups in total. The number of nitrogens with zero attached hydrogens (tertiary/aromatic N) is 2. The normalized spacial score (nSPS) is 10.2. The highest BCUT2D eigenvalue weighted by molar-refractivity contribution is 6.29. The van der Waals surface area contributed by atoms with E-state index >= 15 is 0 Å². The number of hydrogen-bond donors (Lipinski definition) is 1. The maximum absolute atomic E-state index is 12.5. The lowest BCUT2D eigenvalue weighted by atomic mass is 10.1. The van der Waals surface area contributed by atoms with Gasteiger partial charge in [0.15, 0.2) is 0 Å². The number of aliphatic carboxylic acids is 1. The first-order chi connectivity index (χ1) is 7.45. The molecule has 1 aromatic rings. The molecule has 0 saturated heterocycles. The summed E-state index contributed by atoms with van der Waals surface area (Å²) in [5.41, 5.74) is -1.28. The largest absolute Gasteiger partial charge is 0.481 e. The average molecular weight is 247 g/mol. The first kappa shape index (κ1) is 12.3. The molecule has 0 aliphatic rings. The van der Waals surface area contributed by atoms with E-state index < -0.39 is 29.9 Å². The number of alkyl halides is 2. The fourth-order valence-corrected chi connectivity index (χ4v) is 1.38. The van der Waals surface area contributed by atoms with Crippen molar-refractivity contribution in [1.82, 2.24) is 4.98 Å². The minimum absolute atomic E-state index is 0.252. The van der Waals surface area contributed by atoms with Crippen molar-refractivity contribution < 1.29 is 18.7 Å². The summed E-state index contributed by atoms with van der Waals surface area (Å²) in [5, 5.41) is 17.0. The lowest BCUT2D eigenvalue weighted by molar-refractivity contribution is -0.136. The predicted octanol–water partition coefficient (Wildman–Crippen LogP) is 2.17. The van der Waals surface area contributed by atoms with Gasteiger partial charge in [0.2, 0.25) is 0 Å². The van der Waals surface area contributed by atoms with Crippen LogP contribution in [0.3, 0.4) is 0 Å². The van der Waals surface area contributed by atoms with Crippen LogP contribution in [0.15, 0.2) is 6.07 Å². The molecule has 0 spiro atoms. The number of pyridine rings is 1. The van der Waals surface area contributed by atoms with Crippen molar-refractivity contribution in [2.45, 2.75) is 12.8 Å². The standard InChI is InChI=1S/C9H5ClF2N2O2/c10-7-1-4(9(11)12)5(3-13)6(14-7)2-8(15)16/h1,9H,2H2,(H,15,16). The van der Waals surface area contributed by atoms with Crippen molar-refractivity contribution in [2.24, 2.45) is 0 Å². The van der Waals surface area contributed by atoms with Gasteiger partial charge in [0, 0.05) is 5.56 Å². The van der Waals surface area contributed by atoms with E-state index in [9.17, 15) is 13.6 Å². The Bertz CT molecular complexity index is 471. The summed E-state index contributed by atoms with van der Waals surface area (Å²) in [4.78, 5) is 14.0. The van der Waals surface area contributed by atoms with Gasteiger partial charge in [-0.1, -0.05) is 11.6 Å². The highest BCUT2D eigenvalue weighted by Crippen LogP contribution is 2.26. The van der Waals surface area contributed by atoms with Crippen molar-refractivity contribution >= 4 is 17.6 Å². The van der Waals surface area contributed by atoms with Gasteiger partial charge in [0.25, 0.3) is 6.43 Å². The van der Waals surface area contributed by atoms with Crippen LogP contribution in [0.5, 0.6) is 0 Å². The number of aromatic nitrogens is 1. The van der Waals surface area contributed by atoms with Crippen LogP contribution >= 0.6 is 11.6 Å². The Labute approximate surface area is 94.1 Å². The van der Waals surface area contributed by atoms with E-state index in [0.717, 1.165) is 6.07 Å². The molecule has 0 atom stereocenters. The zero-order valence-corrected chi connectivity index (χ0v) is 8.50. The van der Waals surface area contributed by atoms with Crippen molar-refractivity contribution in [3.05, 3.63) is 28.0 Å². The van der Waals surface area contributed by atoms with E-state index in [2.05, 4.69) is 4.98 Å². The van der Waals surface area contributed by atoms with Crippen molar-refractivity contribution in [3.63, 3.8) is 0 Å². The second kappa shape index (κ2) is 4.86. The molecule has 16 heavy (non-hydrogen) atoms. The zero-order valence-electron chi connectivity index (χ0n) is 7.75. The van der Waals surface area contributed by atoms with E-state index in [-0.39, 0.29) is 10.8 Å². The number of nitriles is 1. The zero-order chi connectivity index (χ0) is 12.3. The van der Waals surface area contributed by atoms with Crippen LogP contribution in [0.1, 0.15) is 23.2 Å². The summed E-state index contributed by atoms with van der Waals surface area (Å²) in [6.45, 7) is 0. The lowest BCUT2D eigenvalue weighted by Gasteiger charge is -2.07. The van der Waals surface area contributed by atoms with Gasteiger partial charge in [-0.25, -0.2) is 13.8 Å². The molecule has 1 rings (SSSR count). The highest BCUT2D eigenvalue weighted by atomic mass is 35.5. The minimum atomic E-state index is -2.90. The smallest absolute Gasteiger partial charge is 0.309 e. The molecule has 0 fully saturated rings. The molecule has 0 radical (unpaired) electrons. The molecule has 0 aliphatic heterocycles. The van der Waals surface area contributed by atoms with Crippen LogP contribution in [0.4, 0.5) is 8.78 Å². The number of carboxylic acids is 1. The van der Waals surface area contributed by atoms with E-state index in [4.69, 9.17) is 22.0 Å². The third kappa shape index (κ3) is 2.64. The van der Waals surface area contributed by atoms with Crippen LogP contribution in [-0.2, 0) is 11.2 Å². The Hall–Kier alpha value is -1.74. The summed E-state index contributed by atoms with van der Waals surface area (Å²) >= 11 is 5.46. The number of hydrogen-bond acceptors (Lipinski definition) is 3. The van der Waals surface area contributed by atoms with Crippen LogP contribution in [0, 0.1) is 11.3 Å². The third-order valence-corrected chi connectivity index (χ3v) is 1.95. The lowest BCUT2D eigenvalue weighted by Crippen LogP contribution is -2.07. The van der Waals surface area contributed by atoms with Gasteiger partial charge in [-0.05, 0) is 6.07 Å². The van der Waals surface area contributed by atoms with Gasteiger partial charge in [0.1, 0.15) is 11.2 Å². The Kier molecular flexibility index (Phi) is 3.74. The average Bonchev–Trinajstić information content (AvgIpc) is 2.15. The number of rotatable bonds is 3. The number of carbonyl (C=O) groups is 1. The van der Waals surface area contributed by atoms with Crippen LogP contribution in [0.25, 0.3) is 0 Å². The molecule has 0 saturated carbocycles. The van der Waals surface area contributed by atoms with Crippen molar-refractivity contribution in [2.75, 3.05) is 0 Å². The number of carboxylic acid groups (broad SMARTS) is 1. The monoisotopic (exact) mass is 246 g/mol. The second-order valence-corrected chi connectivity index (χ2v) is 3.23. The van der Waals surface area contributed by atoms with Gasteiger partial charge >= 0.3 is 5.97 Å². The molecule has 0 unspecified atom stereocenters. The molecule has 7 heteroatoms. The molecule has 0 amide bonds. The molecule has 4 nitrogen and oxygen atoms in total. The SMILES string of the molecule is N#Cc1c(C(F)F)cc(Cl)nc1CC(=O)O. The quantitative estimate of drug-likeness (QED) is 0.830. The van der Waals surface area contributed by atoms with E-state index in [1.54, 1.807) is 0 Å². The van der Waals surface area contributed by atoms with Crippen molar-refractivity contribution in [3.8, 4) is 6.07 Å². The van der Waals surface area contributed by atoms with Gasteiger partial charge < -0.3 is 5.11 Å². The molecular weight excluding hydrogens is 242 g/mol. The second-order valence-electron chi connectivity index (χ2n) is 2.84. The Morgan fingerprint density at radius 2 is 2.31 bits per heavy atom. The Morgan fingerprint density at radius 3 is 2.75 bits per heavy atom. The molecule has 0 aliphatic carbocycles. The fourth-order valence-electron chi connectivity index (χ4n) is 1.16. The Balaban J connectivity index is 3.37. The molecule has 84 valence electrons. The predicted molar refractivity (Wildman–Crippen MR) is 50.3 cm³/mol. The maximum Gasteiger partial charge on any atom is 0.309 e. The summed E-state index contributed by atoms with van der Waals surface area (Å²) in [6, 6.07) is 2.37. The number of halogens is 3. The fraction of sp³-hybridized carbons (Fsp3) is 0.222. The van der Waals surface area contributed by atoms with Gasteiger partial charge in [0.05, 0.1) is 17.7 Å². The van der Waals surface area contributed by atoms with Gasteiger partial charge in [-0.15, -0.1) is 0 Å². The summed E-state index contributed by atoms with van der Waals surface area (Å²) < 4.78 is 25.1. The topological polar surface area (TPSA) is 74.0 Å². The van der Waals surface area contributed by atoms with Crippen LogP contribution in [0.2, 0.25) is 5.15 Å². The van der Waals surface area contributed by atoms with E-state index in [0.29, 0.717) is 0 Å². The molecule has 1 heterocycles. The minimum Gasteiger partial charge on any atom is -0.481 e. The molecule has 1 aromatic heterocycles. The van der Waals surface area contributed by atoms with E-state index in [1.165, 1.54) is 6.07 Å². The first-order valence-corrected chi connectivity index (χ1v) is 4.43. The highest BCUT2D eigenvalue weighted by Gasteiger charge is 2.20. The summed E-state index contributed by atoms with van der Waals surface area (Å²) in [6.07, 6.45) is -3.52. The summed E-state index contributed by atoms with van der Waals surface area (Å²) in [5.74, 6) is -1.27. The maximum atomic E-state index is 12.5. The van der Waals surface area contributed by atoms with Crippen LogP contribution in [-0.4, -0.2) is 16.1 Å². The molecule has 0 aromatic carbocycles. The van der Waals surface area contributed by atoms with Crippen molar-refractivity contribution in [1.29, 1.82) is 5.26 Å². The first-order valence-electron chi connectivity index (χ1n) is 4.05. The molecular formula is C9H5ClF2N2O2. The van der Waals surface area contributed by atoms with Crippen LogP contribution < -0.4 is 0 Å². The summed E-state index contributed by atoms with van der Waals surface area (Å²) in [7, 11) is 0. The third-order valence-electron chi connectivity index (χ3n) is 1.76. The van der Waals surface area contributed by atoms with Gasteiger partial charge in [-0.2, -0.15) is 5.26 Å². The van der Waals surface area contributed by atoms with Gasteiger partial charge in [-0.3, -0.25) is 4.79 Å². The Morgan fingerprint density at radius 1 is 1.69 bits per heavy atom. The van der Waals surface area contributed by atoms with E-state index in [1.807, 2.05) is 0 Å².